The number of nitrogens with zero attached hydrogens (tertiary/aromatic N) is 1. The third-order valence-corrected chi connectivity index (χ3v) is 4.04. The molecule has 0 aliphatic heterocycles. The van der Waals surface area contributed by atoms with Crippen LogP contribution in [0.25, 0.3) is 22.4 Å². The number of pyridine rings is 1. The Balaban J connectivity index is 2.19. The summed E-state index contributed by atoms with van der Waals surface area (Å²) in [7, 11) is 3.01. The van der Waals surface area contributed by atoms with Crippen molar-refractivity contribution in [3.05, 3.63) is 64.4 Å². The minimum atomic E-state index is -0.483. The van der Waals surface area contributed by atoms with Crippen molar-refractivity contribution in [2.24, 2.45) is 0 Å². The van der Waals surface area contributed by atoms with Crippen LogP contribution in [0.2, 0.25) is 0 Å². The molecular weight excluding hydrogens is 332 g/mol. The molecule has 2 N–H and O–H groups in total. The number of hydrogen-bond donors (Lipinski definition) is 2. The van der Waals surface area contributed by atoms with Gasteiger partial charge in [0, 0.05) is 11.3 Å². The van der Waals surface area contributed by atoms with Crippen molar-refractivity contribution in [1.29, 1.82) is 5.26 Å². The first-order valence-corrected chi connectivity index (χ1v) is 7.76. The first-order valence-electron chi connectivity index (χ1n) is 7.76. The average molecular weight is 348 g/mol. The molecule has 0 bridgehead atoms. The van der Waals surface area contributed by atoms with E-state index in [-0.39, 0.29) is 17.1 Å². The Labute approximate surface area is 149 Å². The number of aromatic amines is 1. The van der Waals surface area contributed by atoms with Crippen LogP contribution in [0, 0.1) is 11.3 Å². The largest absolute Gasteiger partial charge is 0.504 e. The number of phenolic OH excluding ortho intramolecular Hbond substituents is 1. The molecule has 0 unspecified atom stereocenters. The average Bonchev–Trinajstić information content (AvgIpc) is 2.67. The maximum atomic E-state index is 12.4. The number of H-pyrrole nitrogens is 1. The first-order chi connectivity index (χ1) is 12.6. The van der Waals surface area contributed by atoms with E-state index < -0.39 is 5.56 Å². The number of aromatic nitrogens is 1. The smallest absolute Gasteiger partial charge is 0.266 e. The number of nitrogens with one attached hydrogen (secondary N) is 1. The Morgan fingerprint density at radius 3 is 2.31 bits per heavy atom. The van der Waals surface area contributed by atoms with Gasteiger partial charge in [-0.25, -0.2) is 0 Å². The van der Waals surface area contributed by atoms with Crippen LogP contribution < -0.4 is 15.0 Å². The summed E-state index contributed by atoms with van der Waals surface area (Å²) < 4.78 is 10.3. The lowest BCUT2D eigenvalue weighted by atomic mass is 9.98. The second-order valence-electron chi connectivity index (χ2n) is 5.53. The second kappa shape index (κ2) is 7.03. The molecule has 0 radical (unpaired) electrons. The molecule has 0 saturated carbocycles. The van der Waals surface area contributed by atoms with Crippen LogP contribution in [0.4, 0.5) is 0 Å². The maximum absolute atomic E-state index is 12.4. The van der Waals surface area contributed by atoms with Crippen LogP contribution in [-0.4, -0.2) is 24.3 Å². The van der Waals surface area contributed by atoms with Crippen LogP contribution in [-0.2, 0) is 0 Å². The Morgan fingerprint density at radius 2 is 1.69 bits per heavy atom. The number of aromatic hydroxyl groups is 1. The topological polar surface area (TPSA) is 95.3 Å². The SMILES string of the molecule is COc1ccc(-c2cc(-c3ccc(O)c(OC)c3)c(C#N)c(=O)[nH]2)cc1. The first kappa shape index (κ1) is 17.1. The lowest BCUT2D eigenvalue weighted by molar-refractivity contribution is 0.373. The molecule has 2 aromatic carbocycles. The lowest BCUT2D eigenvalue weighted by Gasteiger charge is -2.10. The molecule has 0 amide bonds. The number of nitriles is 1. The Bertz CT molecular complexity index is 1050. The van der Waals surface area contributed by atoms with E-state index in [4.69, 9.17) is 9.47 Å². The van der Waals surface area contributed by atoms with E-state index in [0.29, 0.717) is 22.6 Å². The van der Waals surface area contributed by atoms with E-state index >= 15 is 0 Å². The number of phenols is 1. The van der Waals surface area contributed by atoms with Gasteiger partial charge in [-0.2, -0.15) is 5.26 Å². The van der Waals surface area contributed by atoms with Gasteiger partial charge in [0.05, 0.1) is 14.2 Å². The molecule has 1 heterocycles. The number of benzene rings is 2. The van der Waals surface area contributed by atoms with Gasteiger partial charge < -0.3 is 19.6 Å². The van der Waals surface area contributed by atoms with Crippen molar-refractivity contribution in [2.75, 3.05) is 14.2 Å². The summed E-state index contributed by atoms with van der Waals surface area (Å²) in [6, 6.07) is 15.6. The van der Waals surface area contributed by atoms with E-state index in [1.54, 1.807) is 37.4 Å². The van der Waals surface area contributed by atoms with Crippen molar-refractivity contribution in [1.82, 2.24) is 4.98 Å². The molecule has 0 fully saturated rings. The van der Waals surface area contributed by atoms with Crippen molar-refractivity contribution in [2.45, 2.75) is 0 Å². The Kier molecular flexibility index (Phi) is 4.63. The number of ether oxygens (including phenoxy) is 2. The van der Waals surface area contributed by atoms with Crippen molar-refractivity contribution < 1.29 is 14.6 Å². The van der Waals surface area contributed by atoms with Gasteiger partial charge in [0.1, 0.15) is 17.4 Å². The van der Waals surface area contributed by atoms with E-state index in [1.807, 2.05) is 18.2 Å². The number of rotatable bonds is 4. The zero-order valence-corrected chi connectivity index (χ0v) is 14.2. The summed E-state index contributed by atoms with van der Waals surface area (Å²) in [5.74, 6) is 0.945. The second-order valence-corrected chi connectivity index (χ2v) is 5.53. The molecule has 6 nitrogen and oxygen atoms in total. The van der Waals surface area contributed by atoms with Crippen LogP contribution in [0.1, 0.15) is 5.56 Å². The van der Waals surface area contributed by atoms with Crippen molar-refractivity contribution in [3.8, 4) is 45.7 Å². The highest BCUT2D eigenvalue weighted by molar-refractivity contribution is 5.76. The summed E-state index contributed by atoms with van der Waals surface area (Å²) >= 11 is 0. The van der Waals surface area contributed by atoms with Gasteiger partial charge in [0.25, 0.3) is 5.56 Å². The summed E-state index contributed by atoms with van der Waals surface area (Å²) in [4.78, 5) is 15.1. The Hall–Kier alpha value is -3.72. The van der Waals surface area contributed by atoms with Gasteiger partial charge >= 0.3 is 0 Å². The van der Waals surface area contributed by atoms with Crippen molar-refractivity contribution in [3.63, 3.8) is 0 Å². The third kappa shape index (κ3) is 3.10. The van der Waals surface area contributed by atoms with Gasteiger partial charge in [-0.15, -0.1) is 0 Å². The summed E-state index contributed by atoms with van der Waals surface area (Å²) in [5, 5.41) is 19.2. The van der Waals surface area contributed by atoms with E-state index in [0.717, 1.165) is 5.56 Å². The quantitative estimate of drug-likeness (QED) is 0.754. The standard InChI is InChI=1S/C20H16N2O4/c1-25-14-6-3-12(4-7-14)17-10-15(16(11-21)20(24)22-17)13-5-8-18(23)19(9-13)26-2/h3-10,23H,1-2H3,(H,22,24). The number of methoxy groups -OCH3 is 2. The Morgan fingerprint density at radius 1 is 1.00 bits per heavy atom. The third-order valence-electron chi connectivity index (χ3n) is 4.04. The van der Waals surface area contributed by atoms with Crippen LogP contribution in [0.5, 0.6) is 17.2 Å². The summed E-state index contributed by atoms with van der Waals surface area (Å²) in [6.07, 6.45) is 0. The van der Waals surface area contributed by atoms with E-state index in [9.17, 15) is 15.2 Å². The van der Waals surface area contributed by atoms with E-state index in [1.165, 1.54) is 13.2 Å². The maximum Gasteiger partial charge on any atom is 0.266 e. The predicted molar refractivity (Wildman–Crippen MR) is 97.4 cm³/mol. The highest BCUT2D eigenvalue weighted by Gasteiger charge is 2.14. The minimum Gasteiger partial charge on any atom is -0.504 e. The monoisotopic (exact) mass is 348 g/mol. The zero-order chi connectivity index (χ0) is 18.7. The molecule has 0 atom stereocenters. The van der Waals surface area contributed by atoms with Crippen LogP contribution in [0.15, 0.2) is 53.3 Å². The van der Waals surface area contributed by atoms with Gasteiger partial charge in [-0.1, -0.05) is 6.07 Å². The lowest BCUT2D eigenvalue weighted by Crippen LogP contribution is -2.12. The molecule has 0 saturated heterocycles. The highest BCUT2D eigenvalue weighted by atomic mass is 16.5. The van der Waals surface area contributed by atoms with E-state index in [2.05, 4.69) is 4.98 Å². The van der Waals surface area contributed by atoms with Gasteiger partial charge in [-0.05, 0) is 53.6 Å². The summed E-state index contributed by atoms with van der Waals surface area (Å²) in [5.41, 5.74) is 1.91. The van der Waals surface area contributed by atoms with Crippen LogP contribution in [0.3, 0.4) is 0 Å². The molecule has 0 aliphatic rings. The van der Waals surface area contributed by atoms with Gasteiger partial charge in [0.2, 0.25) is 0 Å². The molecule has 3 aromatic rings. The molecular formula is C20H16N2O4. The fraction of sp³-hybridized carbons (Fsp3) is 0.100. The molecule has 6 heteroatoms. The van der Waals surface area contributed by atoms with Gasteiger partial charge in [0.15, 0.2) is 11.5 Å². The number of hydrogen-bond acceptors (Lipinski definition) is 5. The molecule has 0 aliphatic carbocycles. The molecule has 26 heavy (non-hydrogen) atoms. The fourth-order valence-corrected chi connectivity index (χ4v) is 2.67. The molecule has 0 spiro atoms. The minimum absolute atomic E-state index is 0.00463. The summed E-state index contributed by atoms with van der Waals surface area (Å²) in [6.45, 7) is 0. The zero-order valence-electron chi connectivity index (χ0n) is 14.2. The normalized spacial score (nSPS) is 10.2. The van der Waals surface area contributed by atoms with Crippen molar-refractivity contribution >= 4 is 0 Å². The van der Waals surface area contributed by atoms with Gasteiger partial charge in [-0.3, -0.25) is 4.79 Å². The fourth-order valence-electron chi connectivity index (χ4n) is 2.67. The predicted octanol–water partition coefficient (Wildman–Crippen LogP) is 3.30. The highest BCUT2D eigenvalue weighted by Crippen LogP contribution is 2.33. The molecule has 1 aromatic heterocycles. The molecule has 3 rings (SSSR count). The molecule has 130 valence electrons. The van der Waals surface area contributed by atoms with Crippen LogP contribution >= 0.6 is 0 Å².